The van der Waals surface area contributed by atoms with Gasteiger partial charge in [-0.25, -0.2) is 4.39 Å². The molecular formula is C11H12FN3O2. The topological polar surface area (TPSA) is 74.2 Å². The zero-order valence-corrected chi connectivity index (χ0v) is 9.31. The SMILES string of the molecule is COCc1cc(-c2noc(CN)n2)ccc1F. The Labute approximate surface area is 97.4 Å². The highest BCUT2D eigenvalue weighted by Gasteiger charge is 2.10. The Hall–Kier alpha value is -1.79. The van der Waals surface area contributed by atoms with Crippen LogP contribution in [0, 0.1) is 5.82 Å². The number of benzene rings is 1. The van der Waals surface area contributed by atoms with Gasteiger partial charge in [-0.1, -0.05) is 5.16 Å². The number of halogens is 1. The van der Waals surface area contributed by atoms with Gasteiger partial charge in [0.2, 0.25) is 11.7 Å². The van der Waals surface area contributed by atoms with Crippen LogP contribution in [0.5, 0.6) is 0 Å². The molecule has 0 saturated carbocycles. The molecule has 1 aromatic heterocycles. The van der Waals surface area contributed by atoms with Gasteiger partial charge in [-0.2, -0.15) is 4.98 Å². The van der Waals surface area contributed by atoms with Gasteiger partial charge in [0.25, 0.3) is 0 Å². The van der Waals surface area contributed by atoms with Crippen molar-refractivity contribution in [3.05, 3.63) is 35.5 Å². The second kappa shape index (κ2) is 5.03. The van der Waals surface area contributed by atoms with Gasteiger partial charge in [0.1, 0.15) is 5.82 Å². The first-order valence-electron chi connectivity index (χ1n) is 5.05. The Kier molecular flexibility index (Phi) is 3.46. The van der Waals surface area contributed by atoms with Crippen LogP contribution in [0.1, 0.15) is 11.5 Å². The maximum atomic E-state index is 13.4. The van der Waals surface area contributed by atoms with Crippen LogP contribution >= 0.6 is 0 Å². The average molecular weight is 237 g/mol. The summed E-state index contributed by atoms with van der Waals surface area (Å²) in [5.41, 5.74) is 6.48. The largest absolute Gasteiger partial charge is 0.380 e. The third-order valence-corrected chi connectivity index (χ3v) is 2.25. The van der Waals surface area contributed by atoms with E-state index >= 15 is 0 Å². The van der Waals surface area contributed by atoms with E-state index in [1.54, 1.807) is 12.1 Å². The highest BCUT2D eigenvalue weighted by atomic mass is 19.1. The molecule has 0 fully saturated rings. The highest BCUT2D eigenvalue weighted by Crippen LogP contribution is 2.20. The van der Waals surface area contributed by atoms with Crippen molar-refractivity contribution < 1.29 is 13.7 Å². The lowest BCUT2D eigenvalue weighted by atomic mass is 10.1. The molecule has 0 bridgehead atoms. The van der Waals surface area contributed by atoms with E-state index in [4.69, 9.17) is 15.0 Å². The summed E-state index contributed by atoms with van der Waals surface area (Å²) < 4.78 is 23.2. The van der Waals surface area contributed by atoms with Gasteiger partial charge in [0.15, 0.2) is 0 Å². The maximum Gasteiger partial charge on any atom is 0.240 e. The molecule has 0 amide bonds. The third kappa shape index (κ3) is 2.48. The fourth-order valence-electron chi connectivity index (χ4n) is 1.43. The number of rotatable bonds is 4. The quantitative estimate of drug-likeness (QED) is 0.871. The summed E-state index contributed by atoms with van der Waals surface area (Å²) in [6, 6.07) is 4.56. The Bertz CT molecular complexity index is 513. The maximum absolute atomic E-state index is 13.4. The molecule has 1 aromatic carbocycles. The van der Waals surface area contributed by atoms with Crippen LogP contribution in [0.15, 0.2) is 22.7 Å². The number of ether oxygens (including phenoxy) is 1. The fourth-order valence-corrected chi connectivity index (χ4v) is 1.43. The summed E-state index contributed by atoms with van der Waals surface area (Å²) >= 11 is 0. The van der Waals surface area contributed by atoms with Gasteiger partial charge < -0.3 is 15.0 Å². The van der Waals surface area contributed by atoms with Gasteiger partial charge in [0, 0.05) is 18.2 Å². The molecule has 0 atom stereocenters. The van der Waals surface area contributed by atoms with Crippen molar-refractivity contribution in [2.75, 3.05) is 7.11 Å². The van der Waals surface area contributed by atoms with Crippen molar-refractivity contribution in [1.82, 2.24) is 10.1 Å². The molecule has 90 valence electrons. The molecule has 0 aliphatic carbocycles. The third-order valence-electron chi connectivity index (χ3n) is 2.25. The van der Waals surface area contributed by atoms with Crippen molar-refractivity contribution in [2.45, 2.75) is 13.2 Å². The lowest BCUT2D eigenvalue weighted by molar-refractivity contribution is 0.181. The van der Waals surface area contributed by atoms with Crippen molar-refractivity contribution >= 4 is 0 Å². The van der Waals surface area contributed by atoms with Crippen molar-refractivity contribution in [2.24, 2.45) is 5.73 Å². The number of nitrogens with zero attached hydrogens (tertiary/aromatic N) is 2. The highest BCUT2D eigenvalue weighted by molar-refractivity contribution is 5.55. The van der Waals surface area contributed by atoms with E-state index < -0.39 is 0 Å². The molecule has 17 heavy (non-hydrogen) atoms. The van der Waals surface area contributed by atoms with E-state index in [2.05, 4.69) is 10.1 Å². The zero-order valence-electron chi connectivity index (χ0n) is 9.31. The minimum atomic E-state index is -0.321. The van der Waals surface area contributed by atoms with Crippen molar-refractivity contribution in [1.29, 1.82) is 0 Å². The van der Waals surface area contributed by atoms with Gasteiger partial charge in [-0.3, -0.25) is 0 Å². The summed E-state index contributed by atoms with van der Waals surface area (Å²) in [6.45, 7) is 0.375. The van der Waals surface area contributed by atoms with E-state index in [1.165, 1.54) is 13.2 Å². The van der Waals surface area contributed by atoms with Crippen LogP contribution in [-0.2, 0) is 17.9 Å². The number of hydrogen-bond acceptors (Lipinski definition) is 5. The second-order valence-corrected chi connectivity index (χ2v) is 3.46. The van der Waals surface area contributed by atoms with Crippen LogP contribution in [0.25, 0.3) is 11.4 Å². The van der Waals surface area contributed by atoms with Gasteiger partial charge >= 0.3 is 0 Å². The molecule has 2 aromatic rings. The van der Waals surface area contributed by atoms with Gasteiger partial charge in [0.05, 0.1) is 13.2 Å². The minimum Gasteiger partial charge on any atom is -0.380 e. The molecule has 0 aliphatic rings. The molecule has 0 saturated heterocycles. The Morgan fingerprint density at radius 2 is 2.29 bits per heavy atom. The molecule has 2 rings (SSSR count). The normalized spacial score (nSPS) is 10.8. The van der Waals surface area contributed by atoms with Crippen LogP contribution in [0.4, 0.5) is 4.39 Å². The van der Waals surface area contributed by atoms with E-state index in [0.29, 0.717) is 22.8 Å². The molecule has 1 heterocycles. The van der Waals surface area contributed by atoms with E-state index in [1.807, 2.05) is 0 Å². The van der Waals surface area contributed by atoms with Crippen LogP contribution in [0.3, 0.4) is 0 Å². The molecule has 0 spiro atoms. The molecule has 2 N–H and O–H groups in total. The predicted molar refractivity (Wildman–Crippen MR) is 58.3 cm³/mol. The van der Waals surface area contributed by atoms with Gasteiger partial charge in [-0.15, -0.1) is 0 Å². The lowest BCUT2D eigenvalue weighted by Crippen LogP contribution is -1.96. The number of methoxy groups -OCH3 is 1. The van der Waals surface area contributed by atoms with E-state index in [0.717, 1.165) is 0 Å². The van der Waals surface area contributed by atoms with Crippen LogP contribution < -0.4 is 5.73 Å². The first-order chi connectivity index (χ1) is 8.24. The number of nitrogens with two attached hydrogens (primary N) is 1. The standard InChI is InChI=1S/C11H12FN3O2/c1-16-6-8-4-7(2-3-9(8)12)11-14-10(5-13)17-15-11/h2-4H,5-6,13H2,1H3. The van der Waals surface area contributed by atoms with Crippen LogP contribution in [-0.4, -0.2) is 17.3 Å². The zero-order chi connectivity index (χ0) is 12.3. The lowest BCUT2D eigenvalue weighted by Gasteiger charge is -2.03. The number of aromatic nitrogens is 2. The number of hydrogen-bond donors (Lipinski definition) is 1. The average Bonchev–Trinajstić information content (AvgIpc) is 2.81. The summed E-state index contributed by atoms with van der Waals surface area (Å²) in [4.78, 5) is 4.06. The first kappa shape index (κ1) is 11.7. The van der Waals surface area contributed by atoms with Crippen LogP contribution in [0.2, 0.25) is 0 Å². The predicted octanol–water partition coefficient (Wildman–Crippen LogP) is 1.48. The van der Waals surface area contributed by atoms with E-state index in [-0.39, 0.29) is 19.0 Å². The monoisotopic (exact) mass is 237 g/mol. The fraction of sp³-hybridized carbons (Fsp3) is 0.273. The van der Waals surface area contributed by atoms with Gasteiger partial charge in [-0.05, 0) is 18.2 Å². The Balaban J connectivity index is 2.35. The minimum absolute atomic E-state index is 0.180. The van der Waals surface area contributed by atoms with Crippen molar-refractivity contribution in [3.8, 4) is 11.4 Å². The molecule has 0 aliphatic heterocycles. The molecule has 5 nitrogen and oxygen atoms in total. The smallest absolute Gasteiger partial charge is 0.240 e. The summed E-state index contributed by atoms with van der Waals surface area (Å²) in [5, 5.41) is 3.76. The molecular weight excluding hydrogens is 225 g/mol. The molecule has 0 radical (unpaired) electrons. The van der Waals surface area contributed by atoms with Crippen molar-refractivity contribution in [3.63, 3.8) is 0 Å². The molecule has 0 unspecified atom stereocenters. The summed E-state index contributed by atoms with van der Waals surface area (Å²) in [5.74, 6) is 0.415. The summed E-state index contributed by atoms with van der Waals surface area (Å²) in [6.07, 6.45) is 0. The Morgan fingerprint density at radius 1 is 1.47 bits per heavy atom. The molecule has 6 heteroatoms. The summed E-state index contributed by atoms with van der Waals surface area (Å²) in [7, 11) is 1.51. The second-order valence-electron chi connectivity index (χ2n) is 3.46. The first-order valence-corrected chi connectivity index (χ1v) is 5.05. The Morgan fingerprint density at radius 3 is 2.94 bits per heavy atom. The van der Waals surface area contributed by atoms with E-state index in [9.17, 15) is 4.39 Å².